The third kappa shape index (κ3) is 4.48. The first kappa shape index (κ1) is 14.1. The van der Waals surface area contributed by atoms with Crippen LogP contribution in [-0.4, -0.2) is 11.3 Å². The van der Waals surface area contributed by atoms with Crippen molar-refractivity contribution in [3.8, 4) is 0 Å². The summed E-state index contributed by atoms with van der Waals surface area (Å²) in [5.41, 5.74) is 7.10. The van der Waals surface area contributed by atoms with Gasteiger partial charge in [0.15, 0.2) is 0 Å². The minimum atomic E-state index is 0.212. The highest BCUT2D eigenvalue weighted by atomic mass is 79.9. The van der Waals surface area contributed by atoms with Gasteiger partial charge < -0.3 is 5.73 Å². The van der Waals surface area contributed by atoms with E-state index in [-0.39, 0.29) is 6.04 Å². The van der Waals surface area contributed by atoms with Gasteiger partial charge >= 0.3 is 0 Å². The summed E-state index contributed by atoms with van der Waals surface area (Å²) in [4.78, 5) is 1.33. The Bertz CT molecular complexity index is 339. The Morgan fingerprint density at radius 2 is 2.06 bits per heavy atom. The van der Waals surface area contributed by atoms with E-state index in [1.165, 1.54) is 21.4 Å². The Kier molecular flexibility index (Phi) is 5.87. The van der Waals surface area contributed by atoms with Gasteiger partial charge in [0, 0.05) is 20.7 Å². The van der Waals surface area contributed by atoms with Gasteiger partial charge in [0.05, 0.1) is 0 Å². The molecule has 1 aromatic rings. The smallest absolute Gasteiger partial charge is 0.0219 e. The third-order valence-corrected chi connectivity index (χ3v) is 4.48. The number of nitrogens with two attached hydrogens (primary N) is 1. The second-order valence-electron chi connectivity index (χ2n) is 4.27. The van der Waals surface area contributed by atoms with E-state index in [4.69, 9.17) is 5.73 Å². The molecule has 16 heavy (non-hydrogen) atoms. The maximum atomic E-state index is 5.81. The van der Waals surface area contributed by atoms with Crippen molar-refractivity contribution in [2.24, 2.45) is 5.73 Å². The molecule has 1 aromatic carbocycles. The number of hydrogen-bond acceptors (Lipinski definition) is 2. The summed E-state index contributed by atoms with van der Waals surface area (Å²) in [6.07, 6.45) is 2.12. The summed E-state index contributed by atoms with van der Waals surface area (Å²) >= 11 is 5.54. The highest BCUT2D eigenvalue weighted by Gasteiger charge is 2.06. The quantitative estimate of drug-likeness (QED) is 0.824. The van der Waals surface area contributed by atoms with E-state index in [1.807, 2.05) is 18.7 Å². The van der Waals surface area contributed by atoms with Crippen LogP contribution in [0.1, 0.15) is 32.8 Å². The van der Waals surface area contributed by atoms with Crippen LogP contribution < -0.4 is 5.73 Å². The Balaban J connectivity index is 2.74. The van der Waals surface area contributed by atoms with Gasteiger partial charge in [-0.1, -0.05) is 35.8 Å². The van der Waals surface area contributed by atoms with Crippen LogP contribution in [0.3, 0.4) is 0 Å². The molecule has 0 aliphatic heterocycles. The van der Waals surface area contributed by atoms with Gasteiger partial charge in [-0.25, -0.2) is 0 Å². The van der Waals surface area contributed by atoms with Gasteiger partial charge in [-0.2, -0.15) is 0 Å². The van der Waals surface area contributed by atoms with Crippen LogP contribution in [0.2, 0.25) is 0 Å². The van der Waals surface area contributed by atoms with Gasteiger partial charge in [0.2, 0.25) is 0 Å². The van der Waals surface area contributed by atoms with E-state index >= 15 is 0 Å². The number of halogens is 1. The molecule has 0 aromatic heterocycles. The van der Waals surface area contributed by atoms with Crippen molar-refractivity contribution in [1.82, 2.24) is 0 Å². The van der Waals surface area contributed by atoms with Crippen molar-refractivity contribution in [2.45, 2.75) is 49.8 Å². The first-order valence-corrected chi connectivity index (χ1v) is 7.40. The first-order chi connectivity index (χ1) is 7.52. The Hall–Kier alpha value is 0.01000. The first-order valence-electron chi connectivity index (χ1n) is 5.73. The summed E-state index contributed by atoms with van der Waals surface area (Å²) in [7, 11) is 0. The molecule has 0 fully saturated rings. The van der Waals surface area contributed by atoms with E-state index in [9.17, 15) is 0 Å². The summed E-state index contributed by atoms with van der Waals surface area (Å²) in [5.74, 6) is 0. The van der Waals surface area contributed by atoms with Crippen molar-refractivity contribution < 1.29 is 0 Å². The molecule has 1 nitrogen and oxygen atoms in total. The fourth-order valence-corrected chi connectivity index (χ4v) is 3.09. The highest BCUT2D eigenvalue weighted by Crippen LogP contribution is 2.29. The van der Waals surface area contributed by atoms with Gasteiger partial charge in [-0.3, -0.25) is 0 Å². The molecule has 0 saturated heterocycles. The molecular weight excluding hydrogens is 282 g/mol. The average Bonchev–Trinajstić information content (AvgIpc) is 2.21. The zero-order valence-electron chi connectivity index (χ0n) is 10.2. The van der Waals surface area contributed by atoms with Crippen molar-refractivity contribution in [2.75, 3.05) is 0 Å². The van der Waals surface area contributed by atoms with Crippen LogP contribution in [0.4, 0.5) is 0 Å². The second-order valence-corrected chi connectivity index (χ2v) is 6.64. The molecule has 0 saturated carbocycles. The van der Waals surface area contributed by atoms with Gasteiger partial charge in [-0.05, 0) is 37.5 Å². The van der Waals surface area contributed by atoms with E-state index in [0.29, 0.717) is 5.25 Å². The summed E-state index contributed by atoms with van der Waals surface area (Å²) < 4.78 is 1.18. The average molecular weight is 302 g/mol. The van der Waals surface area contributed by atoms with Crippen LogP contribution >= 0.6 is 27.7 Å². The van der Waals surface area contributed by atoms with Gasteiger partial charge in [0.1, 0.15) is 0 Å². The number of benzene rings is 1. The Labute approximate surface area is 111 Å². The standard InChI is InChI=1S/C13H20BrNS/c1-4-10(3)16-12-6-5-11(7-9(2)15)13(14)8-12/h5-6,8-10H,4,7,15H2,1-3H3. The lowest BCUT2D eigenvalue weighted by molar-refractivity contribution is 0.735. The van der Waals surface area contributed by atoms with E-state index in [1.54, 1.807) is 0 Å². The molecule has 0 aliphatic carbocycles. The second kappa shape index (κ2) is 6.67. The normalized spacial score (nSPS) is 14.8. The molecule has 2 unspecified atom stereocenters. The predicted octanol–water partition coefficient (Wildman–Crippen LogP) is 4.23. The molecule has 1 rings (SSSR count). The molecule has 0 bridgehead atoms. The zero-order valence-corrected chi connectivity index (χ0v) is 12.6. The fourth-order valence-electron chi connectivity index (χ4n) is 1.43. The Morgan fingerprint density at radius 3 is 2.56 bits per heavy atom. The van der Waals surface area contributed by atoms with Gasteiger partial charge in [-0.15, -0.1) is 11.8 Å². The Morgan fingerprint density at radius 1 is 1.38 bits per heavy atom. The minimum absolute atomic E-state index is 0.212. The lowest BCUT2D eigenvalue weighted by Gasteiger charge is -2.11. The number of thioether (sulfide) groups is 1. The van der Waals surface area contributed by atoms with Gasteiger partial charge in [0.25, 0.3) is 0 Å². The monoisotopic (exact) mass is 301 g/mol. The number of rotatable bonds is 5. The molecule has 0 radical (unpaired) electrons. The molecule has 0 heterocycles. The summed E-state index contributed by atoms with van der Waals surface area (Å²) in [6, 6.07) is 6.79. The molecule has 90 valence electrons. The lowest BCUT2D eigenvalue weighted by Crippen LogP contribution is -2.17. The summed E-state index contributed by atoms with van der Waals surface area (Å²) in [5, 5.41) is 0.672. The van der Waals surface area contributed by atoms with Crippen molar-refractivity contribution in [3.63, 3.8) is 0 Å². The van der Waals surface area contributed by atoms with Crippen LogP contribution in [0, 0.1) is 0 Å². The van der Waals surface area contributed by atoms with Crippen LogP contribution in [0.15, 0.2) is 27.6 Å². The highest BCUT2D eigenvalue weighted by molar-refractivity contribution is 9.10. The molecular formula is C13H20BrNS. The summed E-state index contributed by atoms with van der Waals surface area (Å²) in [6.45, 7) is 6.51. The molecule has 0 aliphatic rings. The lowest BCUT2D eigenvalue weighted by atomic mass is 10.1. The van der Waals surface area contributed by atoms with E-state index in [2.05, 4.69) is 48.0 Å². The predicted molar refractivity (Wildman–Crippen MR) is 77.1 cm³/mol. The number of hydrogen-bond donors (Lipinski definition) is 1. The molecule has 0 spiro atoms. The molecule has 0 amide bonds. The maximum absolute atomic E-state index is 5.81. The van der Waals surface area contributed by atoms with E-state index in [0.717, 1.165) is 6.42 Å². The van der Waals surface area contributed by atoms with Crippen molar-refractivity contribution >= 4 is 27.7 Å². The minimum Gasteiger partial charge on any atom is -0.328 e. The molecule has 2 atom stereocenters. The SMILES string of the molecule is CCC(C)Sc1ccc(CC(C)N)c(Br)c1. The zero-order chi connectivity index (χ0) is 12.1. The van der Waals surface area contributed by atoms with Crippen LogP contribution in [0.25, 0.3) is 0 Å². The van der Waals surface area contributed by atoms with Crippen molar-refractivity contribution in [3.05, 3.63) is 28.2 Å². The third-order valence-electron chi connectivity index (χ3n) is 2.48. The van der Waals surface area contributed by atoms with Crippen LogP contribution in [0.5, 0.6) is 0 Å². The fraction of sp³-hybridized carbons (Fsp3) is 0.538. The maximum Gasteiger partial charge on any atom is 0.0219 e. The largest absolute Gasteiger partial charge is 0.328 e. The van der Waals surface area contributed by atoms with Crippen molar-refractivity contribution in [1.29, 1.82) is 0 Å². The van der Waals surface area contributed by atoms with Crippen LogP contribution in [-0.2, 0) is 6.42 Å². The molecule has 2 N–H and O–H groups in total. The van der Waals surface area contributed by atoms with E-state index < -0.39 is 0 Å². The topological polar surface area (TPSA) is 26.0 Å². The molecule has 3 heteroatoms.